The van der Waals surface area contributed by atoms with Crippen LogP contribution in [0.1, 0.15) is 44.7 Å². The van der Waals surface area contributed by atoms with E-state index in [1.807, 2.05) is 67.9 Å². The van der Waals surface area contributed by atoms with Crippen molar-refractivity contribution in [3.63, 3.8) is 0 Å². The van der Waals surface area contributed by atoms with Crippen molar-refractivity contribution in [1.29, 1.82) is 5.26 Å². The molecule has 30 heavy (non-hydrogen) atoms. The van der Waals surface area contributed by atoms with E-state index >= 15 is 0 Å². The first kappa shape index (κ1) is 21.4. The molecule has 0 atom stereocenters. The Labute approximate surface area is 177 Å². The van der Waals surface area contributed by atoms with Crippen LogP contribution in [0.2, 0.25) is 0 Å². The van der Waals surface area contributed by atoms with Crippen LogP contribution in [0.4, 0.5) is 0 Å². The number of hydrogen-bond acceptors (Lipinski definition) is 4. The predicted octanol–water partition coefficient (Wildman–Crippen LogP) is 5.39. The minimum atomic E-state index is -0.228. The maximum atomic E-state index is 12.1. The molecule has 2 aromatic carbocycles. The number of carbonyl (C=O) groups excluding carboxylic acids is 1. The fraction of sp³-hybridized carbons (Fsp3) is 0.360. The average molecular weight is 405 g/mol. The highest BCUT2D eigenvalue weighted by molar-refractivity contribution is 5.95. The molecule has 0 bridgehead atoms. The van der Waals surface area contributed by atoms with Gasteiger partial charge in [0.25, 0.3) is 0 Å². The van der Waals surface area contributed by atoms with Crippen LogP contribution in [-0.4, -0.2) is 23.2 Å². The van der Waals surface area contributed by atoms with Crippen molar-refractivity contribution in [3.05, 3.63) is 53.6 Å². The number of nitriles is 1. The molecule has 3 aromatic rings. The molecule has 0 aliphatic carbocycles. The summed E-state index contributed by atoms with van der Waals surface area (Å²) in [5.74, 6) is 0.548. The third kappa shape index (κ3) is 4.65. The molecule has 0 amide bonds. The van der Waals surface area contributed by atoms with E-state index in [9.17, 15) is 10.1 Å². The molecule has 0 spiro atoms. The zero-order valence-corrected chi connectivity index (χ0v) is 18.1. The highest BCUT2D eigenvalue weighted by Crippen LogP contribution is 2.35. The van der Waals surface area contributed by atoms with E-state index in [1.54, 1.807) is 0 Å². The summed E-state index contributed by atoms with van der Waals surface area (Å²) >= 11 is 0. The number of nitrogens with zero attached hydrogens (tertiary/aromatic N) is 2. The van der Waals surface area contributed by atoms with Crippen LogP contribution in [-0.2, 0) is 23.0 Å². The molecule has 0 aliphatic heterocycles. The van der Waals surface area contributed by atoms with Crippen LogP contribution >= 0.6 is 0 Å². The van der Waals surface area contributed by atoms with Crippen LogP contribution < -0.4 is 4.74 Å². The number of aromatic nitrogens is 1. The van der Waals surface area contributed by atoms with Gasteiger partial charge in [0.1, 0.15) is 11.8 Å². The van der Waals surface area contributed by atoms with E-state index in [0.29, 0.717) is 12.2 Å². The smallest absolute Gasteiger partial charge is 0.310 e. The molecule has 0 radical (unpaired) electrons. The summed E-state index contributed by atoms with van der Waals surface area (Å²) in [4.78, 5) is 12.1. The lowest BCUT2D eigenvalue weighted by atomic mass is 10.0. The molecular weight excluding hydrogens is 376 g/mol. The normalized spacial score (nSPS) is 10.9. The molecule has 0 fully saturated rings. The van der Waals surface area contributed by atoms with Crippen molar-refractivity contribution in [2.75, 3.05) is 6.61 Å². The van der Waals surface area contributed by atoms with Crippen LogP contribution in [0.3, 0.4) is 0 Å². The quantitative estimate of drug-likeness (QED) is 0.373. The molecule has 3 rings (SSSR count). The highest BCUT2D eigenvalue weighted by Gasteiger charge is 2.18. The summed E-state index contributed by atoms with van der Waals surface area (Å²) in [6.45, 7) is 6.49. The van der Waals surface area contributed by atoms with E-state index in [0.717, 1.165) is 46.3 Å². The van der Waals surface area contributed by atoms with Gasteiger partial charge in [0, 0.05) is 18.5 Å². The Kier molecular flexibility index (Phi) is 6.79. The van der Waals surface area contributed by atoms with E-state index in [-0.39, 0.29) is 18.5 Å². The molecule has 0 aliphatic rings. The topological polar surface area (TPSA) is 64.2 Å². The number of ether oxygens (including phenoxy) is 2. The first-order valence-corrected chi connectivity index (χ1v) is 10.4. The van der Waals surface area contributed by atoms with E-state index in [4.69, 9.17) is 9.47 Å². The van der Waals surface area contributed by atoms with Gasteiger partial charge in [-0.25, -0.2) is 0 Å². The fourth-order valence-electron chi connectivity index (χ4n) is 3.59. The van der Waals surface area contributed by atoms with Crippen LogP contribution in [0.15, 0.2) is 42.5 Å². The average Bonchev–Trinajstić information content (AvgIpc) is 2.99. The molecule has 1 aromatic heterocycles. The van der Waals surface area contributed by atoms with Crippen molar-refractivity contribution in [1.82, 2.24) is 4.57 Å². The van der Waals surface area contributed by atoms with E-state index in [2.05, 4.69) is 13.0 Å². The minimum absolute atomic E-state index is 0.0754. The van der Waals surface area contributed by atoms with Crippen molar-refractivity contribution in [3.8, 4) is 23.1 Å². The summed E-state index contributed by atoms with van der Waals surface area (Å²) in [5, 5.41) is 10.8. The molecule has 1 heterocycles. The number of unbranched alkanes of at least 4 members (excludes halogenated alkanes) is 1. The zero-order valence-electron chi connectivity index (χ0n) is 18.1. The summed E-state index contributed by atoms with van der Waals surface area (Å²) in [6.07, 6.45) is 2.15. The molecule has 0 N–H and O–H groups in total. The van der Waals surface area contributed by atoms with Gasteiger partial charge in [-0.1, -0.05) is 31.5 Å². The van der Waals surface area contributed by atoms with Gasteiger partial charge in [-0.15, -0.1) is 0 Å². The summed E-state index contributed by atoms with van der Waals surface area (Å²) in [6, 6.07) is 15.9. The Morgan fingerprint density at radius 1 is 1.20 bits per heavy atom. The maximum absolute atomic E-state index is 12.1. The van der Waals surface area contributed by atoms with Crippen LogP contribution in [0.5, 0.6) is 5.75 Å². The zero-order chi connectivity index (χ0) is 21.7. The summed E-state index contributed by atoms with van der Waals surface area (Å²) in [7, 11) is 1.95. The lowest BCUT2D eigenvalue weighted by Gasteiger charge is -2.10. The van der Waals surface area contributed by atoms with Gasteiger partial charge in [-0.2, -0.15) is 5.26 Å². The second-order valence-corrected chi connectivity index (χ2v) is 7.69. The lowest BCUT2D eigenvalue weighted by molar-refractivity contribution is -0.142. The number of benzene rings is 2. The van der Waals surface area contributed by atoms with E-state index < -0.39 is 0 Å². The Morgan fingerprint density at radius 2 is 2.00 bits per heavy atom. The Balaban J connectivity index is 1.97. The first-order chi connectivity index (χ1) is 14.4. The molecule has 5 nitrogen and oxygen atoms in total. The molecule has 156 valence electrons. The number of esters is 1. The largest absolute Gasteiger partial charge is 0.491 e. The molecule has 0 saturated heterocycles. The monoisotopic (exact) mass is 404 g/mol. The SMILES string of the molecule is CCCCOC(=O)Cc1cccc(-c2c(C#N)c3ccc(OC(C)C)cc3n2C)c1. The number of hydrogen-bond donors (Lipinski definition) is 0. The number of aryl methyl sites for hydroxylation is 1. The standard InChI is InChI=1S/C25H28N2O3/c1-5-6-12-29-24(28)14-18-8-7-9-19(13-18)25-22(16-26)21-11-10-20(30-17(2)3)15-23(21)27(25)4/h7-11,13,15,17H,5-6,12,14H2,1-4H3. The highest BCUT2D eigenvalue weighted by atomic mass is 16.5. The van der Waals surface area contributed by atoms with Crippen molar-refractivity contribution in [2.45, 2.75) is 46.1 Å². The first-order valence-electron chi connectivity index (χ1n) is 10.4. The third-order valence-corrected chi connectivity index (χ3v) is 4.97. The van der Waals surface area contributed by atoms with Gasteiger partial charge in [-0.05, 0) is 49.6 Å². The molecular formula is C25H28N2O3. The number of rotatable bonds is 8. The van der Waals surface area contributed by atoms with Gasteiger partial charge < -0.3 is 14.0 Å². The third-order valence-electron chi connectivity index (χ3n) is 4.97. The molecule has 0 saturated carbocycles. The molecule has 0 unspecified atom stereocenters. The maximum Gasteiger partial charge on any atom is 0.310 e. The summed E-state index contributed by atoms with van der Waals surface area (Å²) in [5.41, 5.74) is 4.15. The summed E-state index contributed by atoms with van der Waals surface area (Å²) < 4.78 is 13.1. The minimum Gasteiger partial charge on any atom is -0.491 e. The van der Waals surface area contributed by atoms with Crippen molar-refractivity contribution < 1.29 is 14.3 Å². The Morgan fingerprint density at radius 3 is 2.70 bits per heavy atom. The Bertz CT molecular complexity index is 1090. The van der Waals surface area contributed by atoms with Crippen LogP contribution in [0, 0.1) is 11.3 Å². The lowest BCUT2D eigenvalue weighted by Crippen LogP contribution is -2.09. The number of carbonyl (C=O) groups is 1. The van der Waals surface area contributed by atoms with Crippen LogP contribution in [0.25, 0.3) is 22.2 Å². The Hall–Kier alpha value is -3.26. The van der Waals surface area contributed by atoms with Gasteiger partial charge >= 0.3 is 5.97 Å². The van der Waals surface area contributed by atoms with Gasteiger partial charge in [-0.3, -0.25) is 4.79 Å². The fourth-order valence-corrected chi connectivity index (χ4v) is 3.59. The van der Waals surface area contributed by atoms with Gasteiger partial charge in [0.2, 0.25) is 0 Å². The second-order valence-electron chi connectivity index (χ2n) is 7.69. The van der Waals surface area contributed by atoms with Gasteiger partial charge in [0.05, 0.1) is 35.9 Å². The molecule has 5 heteroatoms. The van der Waals surface area contributed by atoms with Crippen molar-refractivity contribution >= 4 is 16.9 Å². The predicted molar refractivity (Wildman–Crippen MR) is 118 cm³/mol. The van der Waals surface area contributed by atoms with Crippen molar-refractivity contribution in [2.24, 2.45) is 7.05 Å². The second kappa shape index (κ2) is 9.49. The van der Waals surface area contributed by atoms with E-state index in [1.165, 1.54) is 0 Å². The van der Waals surface area contributed by atoms with Gasteiger partial charge in [0.15, 0.2) is 0 Å². The number of fused-ring (bicyclic) bond motifs is 1.